The third kappa shape index (κ3) is 3.72. The lowest BCUT2D eigenvalue weighted by Crippen LogP contribution is -2.31. The van der Waals surface area contributed by atoms with Crippen LogP contribution in [0.1, 0.15) is 48.5 Å². The minimum absolute atomic E-state index is 0.193. The minimum Gasteiger partial charge on any atom is -0.349 e. The van der Waals surface area contributed by atoms with Crippen molar-refractivity contribution in [1.29, 1.82) is 0 Å². The molecule has 1 amide bonds. The van der Waals surface area contributed by atoms with Crippen molar-refractivity contribution >= 4 is 17.5 Å². The van der Waals surface area contributed by atoms with Gasteiger partial charge in [-0.3, -0.25) is 4.79 Å². The molecule has 0 atom stereocenters. The Morgan fingerprint density at radius 1 is 1.30 bits per heavy atom. The quantitative estimate of drug-likeness (QED) is 0.931. The van der Waals surface area contributed by atoms with Gasteiger partial charge >= 0.3 is 0 Å². The van der Waals surface area contributed by atoms with Crippen molar-refractivity contribution in [1.82, 2.24) is 20.1 Å². The highest BCUT2D eigenvalue weighted by molar-refractivity contribution is 6.32. The fourth-order valence-electron chi connectivity index (χ4n) is 3.05. The maximum Gasteiger partial charge on any atom is 0.290 e. The fraction of sp³-hybridized carbons (Fsp3) is 0.471. The Labute approximate surface area is 141 Å². The summed E-state index contributed by atoms with van der Waals surface area (Å²) in [6.45, 7) is 2.52. The molecule has 1 aromatic heterocycles. The van der Waals surface area contributed by atoms with E-state index in [0.29, 0.717) is 23.3 Å². The summed E-state index contributed by atoms with van der Waals surface area (Å²) >= 11 is 6.19. The Hall–Kier alpha value is -1.88. The highest BCUT2D eigenvalue weighted by atomic mass is 35.5. The van der Waals surface area contributed by atoms with Gasteiger partial charge in [-0.15, -0.1) is 5.10 Å². The molecule has 1 saturated carbocycles. The van der Waals surface area contributed by atoms with E-state index in [1.165, 1.54) is 32.1 Å². The molecule has 23 heavy (non-hydrogen) atoms. The van der Waals surface area contributed by atoms with Gasteiger partial charge in [0.25, 0.3) is 5.91 Å². The van der Waals surface area contributed by atoms with E-state index in [9.17, 15) is 4.79 Å². The molecule has 1 aliphatic carbocycles. The van der Waals surface area contributed by atoms with Crippen LogP contribution in [0.25, 0.3) is 5.69 Å². The second kappa shape index (κ2) is 7.13. The number of para-hydroxylation sites is 1. The zero-order valence-electron chi connectivity index (χ0n) is 13.3. The summed E-state index contributed by atoms with van der Waals surface area (Å²) in [5.41, 5.74) is 0.727. The summed E-state index contributed by atoms with van der Waals surface area (Å²) in [4.78, 5) is 16.6. The number of carbonyl (C=O) groups is 1. The Morgan fingerprint density at radius 3 is 2.78 bits per heavy atom. The summed E-state index contributed by atoms with van der Waals surface area (Å²) in [7, 11) is 0. The number of hydrogen-bond donors (Lipinski definition) is 1. The number of nitrogens with one attached hydrogen (secondary N) is 1. The lowest BCUT2D eigenvalue weighted by atomic mass is 9.89. The van der Waals surface area contributed by atoms with Gasteiger partial charge in [-0.25, -0.2) is 9.67 Å². The van der Waals surface area contributed by atoms with Crippen LogP contribution < -0.4 is 5.32 Å². The summed E-state index contributed by atoms with van der Waals surface area (Å²) < 4.78 is 1.61. The van der Waals surface area contributed by atoms with E-state index >= 15 is 0 Å². The molecule has 0 saturated heterocycles. The maximum atomic E-state index is 12.3. The van der Waals surface area contributed by atoms with E-state index in [1.807, 2.05) is 25.1 Å². The first kappa shape index (κ1) is 16.0. The SMILES string of the molecule is Cc1nc(C(=O)NCC2CCCCC2)nn1-c1ccccc1Cl. The average Bonchev–Trinajstić information content (AvgIpc) is 2.96. The first-order valence-corrected chi connectivity index (χ1v) is 8.49. The zero-order valence-corrected chi connectivity index (χ0v) is 14.0. The molecule has 1 aliphatic rings. The number of hydrogen-bond acceptors (Lipinski definition) is 3. The standard InChI is InChI=1S/C17H21ClN4O/c1-12-20-16(17(23)19-11-13-7-3-2-4-8-13)21-22(12)15-10-6-5-9-14(15)18/h5-6,9-10,13H,2-4,7-8,11H2,1H3,(H,19,23). The number of aryl methyl sites for hydroxylation is 1. The van der Waals surface area contributed by atoms with Crippen LogP contribution in [0, 0.1) is 12.8 Å². The Kier molecular flexibility index (Phi) is 4.96. The third-order valence-electron chi connectivity index (χ3n) is 4.33. The van der Waals surface area contributed by atoms with Gasteiger partial charge in [-0.05, 0) is 37.8 Å². The monoisotopic (exact) mass is 332 g/mol. The highest BCUT2D eigenvalue weighted by Crippen LogP contribution is 2.23. The van der Waals surface area contributed by atoms with E-state index in [0.717, 1.165) is 5.69 Å². The molecule has 122 valence electrons. The molecule has 1 N–H and O–H groups in total. The molecule has 2 aromatic rings. The van der Waals surface area contributed by atoms with Crippen LogP contribution in [-0.2, 0) is 0 Å². The van der Waals surface area contributed by atoms with Crippen molar-refractivity contribution in [2.75, 3.05) is 6.54 Å². The zero-order chi connectivity index (χ0) is 16.2. The van der Waals surface area contributed by atoms with Gasteiger partial charge in [-0.1, -0.05) is 43.0 Å². The molecule has 1 aromatic carbocycles. The Bertz CT molecular complexity index is 692. The van der Waals surface area contributed by atoms with E-state index in [2.05, 4.69) is 15.4 Å². The van der Waals surface area contributed by atoms with Crippen LogP contribution in [0.5, 0.6) is 0 Å². The van der Waals surface area contributed by atoms with E-state index in [1.54, 1.807) is 10.7 Å². The fourth-order valence-corrected chi connectivity index (χ4v) is 3.26. The summed E-state index contributed by atoms with van der Waals surface area (Å²) in [6.07, 6.45) is 6.23. The van der Waals surface area contributed by atoms with Gasteiger partial charge in [-0.2, -0.15) is 0 Å². The van der Waals surface area contributed by atoms with E-state index in [4.69, 9.17) is 11.6 Å². The molecule has 6 heteroatoms. The Balaban J connectivity index is 1.70. The summed E-state index contributed by atoms with van der Waals surface area (Å²) in [5.74, 6) is 1.20. The summed E-state index contributed by atoms with van der Waals surface area (Å²) in [5, 5.41) is 7.86. The molecule has 0 spiro atoms. The second-order valence-corrected chi connectivity index (χ2v) is 6.47. The van der Waals surface area contributed by atoms with Crippen molar-refractivity contribution in [3.63, 3.8) is 0 Å². The number of nitrogens with zero attached hydrogens (tertiary/aromatic N) is 3. The molecule has 1 fully saturated rings. The second-order valence-electron chi connectivity index (χ2n) is 6.06. The van der Waals surface area contributed by atoms with Gasteiger partial charge in [0.1, 0.15) is 5.82 Å². The van der Waals surface area contributed by atoms with Crippen molar-refractivity contribution in [3.8, 4) is 5.69 Å². The van der Waals surface area contributed by atoms with Crippen LogP contribution in [0.2, 0.25) is 5.02 Å². The number of amides is 1. The van der Waals surface area contributed by atoms with Crippen molar-refractivity contribution < 1.29 is 4.79 Å². The van der Waals surface area contributed by atoms with Crippen LogP contribution in [0.4, 0.5) is 0 Å². The first-order chi connectivity index (χ1) is 11.1. The number of benzene rings is 1. The molecule has 0 aliphatic heterocycles. The number of aromatic nitrogens is 3. The first-order valence-electron chi connectivity index (χ1n) is 8.12. The van der Waals surface area contributed by atoms with Crippen LogP contribution in [0.15, 0.2) is 24.3 Å². The van der Waals surface area contributed by atoms with Gasteiger partial charge in [0.15, 0.2) is 0 Å². The molecule has 5 nitrogen and oxygen atoms in total. The normalized spacial score (nSPS) is 15.6. The topological polar surface area (TPSA) is 59.8 Å². The molecular weight excluding hydrogens is 312 g/mol. The Morgan fingerprint density at radius 2 is 2.04 bits per heavy atom. The lowest BCUT2D eigenvalue weighted by molar-refractivity contribution is 0.0933. The molecule has 3 rings (SSSR count). The van der Waals surface area contributed by atoms with E-state index < -0.39 is 0 Å². The predicted octanol–water partition coefficient (Wildman–Crippen LogP) is 3.54. The molecule has 0 radical (unpaired) electrons. The molecule has 1 heterocycles. The third-order valence-corrected chi connectivity index (χ3v) is 4.65. The van der Waals surface area contributed by atoms with Crippen molar-refractivity contribution in [2.45, 2.75) is 39.0 Å². The van der Waals surface area contributed by atoms with Gasteiger partial charge < -0.3 is 5.32 Å². The van der Waals surface area contributed by atoms with Gasteiger partial charge in [0.05, 0.1) is 10.7 Å². The van der Waals surface area contributed by atoms with Crippen LogP contribution >= 0.6 is 11.6 Å². The predicted molar refractivity (Wildman–Crippen MR) is 90.0 cm³/mol. The smallest absolute Gasteiger partial charge is 0.290 e. The summed E-state index contributed by atoms with van der Waals surface area (Å²) in [6, 6.07) is 7.38. The van der Waals surface area contributed by atoms with Crippen LogP contribution in [0.3, 0.4) is 0 Å². The number of halogens is 1. The van der Waals surface area contributed by atoms with Gasteiger partial charge in [0.2, 0.25) is 5.82 Å². The minimum atomic E-state index is -0.218. The maximum absolute atomic E-state index is 12.3. The number of carbonyl (C=O) groups excluding carboxylic acids is 1. The van der Waals surface area contributed by atoms with Gasteiger partial charge in [0, 0.05) is 6.54 Å². The van der Waals surface area contributed by atoms with E-state index in [-0.39, 0.29) is 11.7 Å². The highest BCUT2D eigenvalue weighted by Gasteiger charge is 2.19. The average molecular weight is 333 g/mol. The number of rotatable bonds is 4. The van der Waals surface area contributed by atoms with Crippen molar-refractivity contribution in [3.05, 3.63) is 40.9 Å². The van der Waals surface area contributed by atoms with Crippen LogP contribution in [-0.4, -0.2) is 27.2 Å². The lowest BCUT2D eigenvalue weighted by Gasteiger charge is -2.21. The van der Waals surface area contributed by atoms with Crippen molar-refractivity contribution in [2.24, 2.45) is 5.92 Å². The largest absolute Gasteiger partial charge is 0.349 e. The molecule has 0 bridgehead atoms. The molecular formula is C17H21ClN4O. The molecule has 0 unspecified atom stereocenters.